The third-order valence-electron chi connectivity index (χ3n) is 3.10. The van der Waals surface area contributed by atoms with Gasteiger partial charge < -0.3 is 10.1 Å². The largest absolute Gasteiger partial charge is 0.490 e. The normalized spacial score (nSPS) is 10.8. The van der Waals surface area contributed by atoms with Gasteiger partial charge in [0.05, 0.1) is 16.8 Å². The van der Waals surface area contributed by atoms with Crippen molar-refractivity contribution in [2.45, 2.75) is 26.4 Å². The summed E-state index contributed by atoms with van der Waals surface area (Å²) >= 11 is 3.43. The average molecular weight is 418 g/mol. The Bertz CT molecular complexity index is 792. The number of hydrazone groups is 1. The van der Waals surface area contributed by atoms with Gasteiger partial charge in [0.15, 0.2) is 0 Å². The second-order valence-electron chi connectivity index (χ2n) is 5.74. The number of carbonyl (C=O) groups is 2. The van der Waals surface area contributed by atoms with Crippen molar-refractivity contribution in [3.8, 4) is 5.75 Å². The van der Waals surface area contributed by atoms with E-state index in [0.29, 0.717) is 5.69 Å². The Kier molecular flexibility index (Phi) is 7.35. The number of ether oxygens (including phenoxy) is 1. The van der Waals surface area contributed by atoms with Crippen molar-refractivity contribution in [2.75, 3.05) is 5.32 Å². The molecule has 0 radical (unpaired) electrons. The fourth-order valence-electron chi connectivity index (χ4n) is 2.04. The Balaban J connectivity index is 1.83. The summed E-state index contributed by atoms with van der Waals surface area (Å²) < 4.78 is 6.42. The molecule has 0 saturated heterocycles. The van der Waals surface area contributed by atoms with E-state index in [2.05, 4.69) is 31.8 Å². The molecule has 0 spiro atoms. The Morgan fingerprint density at radius 1 is 1.15 bits per heavy atom. The third kappa shape index (κ3) is 6.68. The zero-order valence-electron chi connectivity index (χ0n) is 14.5. The van der Waals surface area contributed by atoms with Crippen LogP contribution in [0.2, 0.25) is 0 Å². The zero-order valence-corrected chi connectivity index (χ0v) is 16.1. The van der Waals surface area contributed by atoms with Crippen LogP contribution in [-0.2, 0) is 9.59 Å². The molecule has 2 rings (SSSR count). The predicted molar refractivity (Wildman–Crippen MR) is 105 cm³/mol. The number of hydrogen-bond donors (Lipinski definition) is 2. The average Bonchev–Trinajstić information content (AvgIpc) is 2.57. The van der Waals surface area contributed by atoms with Gasteiger partial charge in [-0.15, -0.1) is 0 Å². The maximum absolute atomic E-state index is 11.8. The van der Waals surface area contributed by atoms with Crippen molar-refractivity contribution >= 4 is 39.6 Å². The van der Waals surface area contributed by atoms with Gasteiger partial charge in [0.25, 0.3) is 0 Å². The molecule has 26 heavy (non-hydrogen) atoms. The van der Waals surface area contributed by atoms with Crippen LogP contribution in [0.3, 0.4) is 0 Å². The number of carbonyl (C=O) groups excluding carboxylic acids is 2. The summed E-state index contributed by atoms with van der Waals surface area (Å²) in [5.74, 6) is -0.158. The summed E-state index contributed by atoms with van der Waals surface area (Å²) in [4.78, 5) is 23.5. The smallest absolute Gasteiger partial charge is 0.249 e. The van der Waals surface area contributed by atoms with E-state index in [1.54, 1.807) is 24.3 Å². The minimum atomic E-state index is -0.492. The Morgan fingerprint density at radius 3 is 2.54 bits per heavy atom. The first kappa shape index (κ1) is 19.7. The van der Waals surface area contributed by atoms with E-state index in [-0.39, 0.29) is 12.5 Å². The zero-order chi connectivity index (χ0) is 18.9. The molecule has 0 fully saturated rings. The van der Waals surface area contributed by atoms with E-state index < -0.39 is 11.8 Å². The summed E-state index contributed by atoms with van der Waals surface area (Å²) in [6.07, 6.45) is 1.26. The molecule has 0 aliphatic carbocycles. The number of rotatable bonds is 7. The highest BCUT2D eigenvalue weighted by atomic mass is 79.9. The lowest BCUT2D eigenvalue weighted by atomic mass is 10.2. The van der Waals surface area contributed by atoms with Crippen molar-refractivity contribution in [3.63, 3.8) is 0 Å². The molecule has 2 amide bonds. The van der Waals surface area contributed by atoms with Crippen LogP contribution >= 0.6 is 15.9 Å². The van der Waals surface area contributed by atoms with Crippen molar-refractivity contribution in [3.05, 3.63) is 58.6 Å². The van der Waals surface area contributed by atoms with E-state index in [1.807, 2.05) is 38.1 Å². The number of hydrogen-bond acceptors (Lipinski definition) is 4. The van der Waals surface area contributed by atoms with Crippen LogP contribution in [0.1, 0.15) is 25.8 Å². The molecule has 2 N–H and O–H groups in total. The summed E-state index contributed by atoms with van der Waals surface area (Å²) in [5.41, 5.74) is 3.76. The van der Waals surface area contributed by atoms with E-state index in [1.165, 1.54) is 6.21 Å². The number of para-hydroxylation sites is 1. The third-order valence-corrected chi connectivity index (χ3v) is 3.72. The molecule has 2 aromatic carbocycles. The molecule has 0 bridgehead atoms. The van der Waals surface area contributed by atoms with Gasteiger partial charge in [-0.3, -0.25) is 9.59 Å². The predicted octanol–water partition coefficient (Wildman–Crippen LogP) is 3.72. The lowest BCUT2D eigenvalue weighted by Gasteiger charge is -2.11. The maximum Gasteiger partial charge on any atom is 0.249 e. The number of benzene rings is 2. The molecular weight excluding hydrogens is 398 g/mol. The first-order chi connectivity index (χ1) is 12.4. The van der Waals surface area contributed by atoms with E-state index in [9.17, 15) is 9.59 Å². The molecule has 0 aliphatic rings. The van der Waals surface area contributed by atoms with Crippen LogP contribution in [0.15, 0.2) is 58.1 Å². The van der Waals surface area contributed by atoms with E-state index in [0.717, 1.165) is 15.8 Å². The molecule has 0 aliphatic heterocycles. The minimum absolute atomic E-state index is 0.0761. The molecule has 0 atom stereocenters. The summed E-state index contributed by atoms with van der Waals surface area (Å²) in [7, 11) is 0. The lowest BCUT2D eigenvalue weighted by Crippen LogP contribution is -2.24. The summed E-state index contributed by atoms with van der Waals surface area (Å²) in [6.45, 7) is 3.90. The van der Waals surface area contributed by atoms with Crippen LogP contribution in [0, 0.1) is 0 Å². The van der Waals surface area contributed by atoms with Gasteiger partial charge in [-0.1, -0.05) is 18.2 Å². The van der Waals surface area contributed by atoms with Crippen LogP contribution in [0.4, 0.5) is 5.69 Å². The molecule has 0 aromatic heterocycles. The van der Waals surface area contributed by atoms with Gasteiger partial charge in [0.2, 0.25) is 11.8 Å². The van der Waals surface area contributed by atoms with Gasteiger partial charge >= 0.3 is 0 Å². The topological polar surface area (TPSA) is 79.8 Å². The second kappa shape index (κ2) is 9.72. The fourth-order valence-corrected chi connectivity index (χ4v) is 2.53. The molecular formula is C19H20BrN3O3. The van der Waals surface area contributed by atoms with Gasteiger partial charge in [0, 0.05) is 5.69 Å². The van der Waals surface area contributed by atoms with Gasteiger partial charge in [-0.25, -0.2) is 5.43 Å². The van der Waals surface area contributed by atoms with Gasteiger partial charge in [-0.05, 0) is 65.7 Å². The number of anilines is 1. The standard InChI is InChI=1S/C19H20BrN3O3/c1-13(2)26-17-9-8-14(10-16(17)20)12-21-23-19(25)11-18(24)22-15-6-4-3-5-7-15/h3-10,12-13H,11H2,1-2H3,(H,22,24)(H,23,25). The fraction of sp³-hybridized carbons (Fsp3) is 0.211. The number of amides is 2. The first-order valence-corrected chi connectivity index (χ1v) is 8.86. The monoisotopic (exact) mass is 417 g/mol. The summed E-state index contributed by atoms with van der Waals surface area (Å²) in [6, 6.07) is 14.4. The number of nitrogens with zero attached hydrogens (tertiary/aromatic N) is 1. The van der Waals surface area contributed by atoms with Crippen molar-refractivity contribution in [1.29, 1.82) is 0 Å². The van der Waals surface area contributed by atoms with Crippen molar-refractivity contribution in [1.82, 2.24) is 5.43 Å². The highest BCUT2D eigenvalue weighted by molar-refractivity contribution is 9.10. The van der Waals surface area contributed by atoms with Crippen LogP contribution in [0.25, 0.3) is 0 Å². The minimum Gasteiger partial charge on any atom is -0.490 e. The van der Waals surface area contributed by atoms with Crippen molar-refractivity contribution in [2.24, 2.45) is 5.10 Å². The molecule has 6 nitrogen and oxygen atoms in total. The Labute approximate surface area is 160 Å². The second-order valence-corrected chi connectivity index (χ2v) is 6.59. The van der Waals surface area contributed by atoms with Crippen LogP contribution in [0.5, 0.6) is 5.75 Å². The highest BCUT2D eigenvalue weighted by Crippen LogP contribution is 2.26. The molecule has 136 valence electrons. The summed E-state index contributed by atoms with van der Waals surface area (Å²) in [5, 5.41) is 6.51. The van der Waals surface area contributed by atoms with E-state index in [4.69, 9.17) is 4.74 Å². The van der Waals surface area contributed by atoms with Crippen LogP contribution < -0.4 is 15.5 Å². The SMILES string of the molecule is CC(C)Oc1ccc(C=NNC(=O)CC(=O)Nc2ccccc2)cc1Br. The van der Waals surface area contributed by atoms with Crippen LogP contribution in [-0.4, -0.2) is 24.1 Å². The Morgan fingerprint density at radius 2 is 1.88 bits per heavy atom. The highest BCUT2D eigenvalue weighted by Gasteiger charge is 2.09. The Hall–Kier alpha value is -2.67. The van der Waals surface area contributed by atoms with Gasteiger partial charge in [-0.2, -0.15) is 5.10 Å². The van der Waals surface area contributed by atoms with Crippen molar-refractivity contribution < 1.29 is 14.3 Å². The van der Waals surface area contributed by atoms with E-state index >= 15 is 0 Å². The maximum atomic E-state index is 11.8. The molecule has 0 unspecified atom stereocenters. The first-order valence-electron chi connectivity index (χ1n) is 8.07. The van der Waals surface area contributed by atoms with Gasteiger partial charge in [0.1, 0.15) is 12.2 Å². The molecule has 0 heterocycles. The molecule has 0 saturated carbocycles. The number of nitrogens with one attached hydrogen (secondary N) is 2. The lowest BCUT2D eigenvalue weighted by molar-refractivity contribution is -0.126. The quantitative estimate of drug-likeness (QED) is 0.409. The number of halogens is 1. The molecule has 2 aromatic rings. The molecule has 7 heteroatoms.